The SMILES string of the molecule is COc1ccc2c(c1)CCC1C2=NN(C(=O)Nc2ccc(Cl)cc2)C1c1ccc2c(c1)OCO2. The molecule has 1 aliphatic carbocycles. The van der Waals surface area contributed by atoms with Crippen LogP contribution in [-0.2, 0) is 6.42 Å². The van der Waals surface area contributed by atoms with Gasteiger partial charge in [-0.25, -0.2) is 9.80 Å². The van der Waals surface area contributed by atoms with E-state index in [-0.39, 0.29) is 24.8 Å². The molecule has 172 valence electrons. The van der Waals surface area contributed by atoms with E-state index in [0.717, 1.165) is 35.4 Å². The van der Waals surface area contributed by atoms with Crippen molar-refractivity contribution in [2.24, 2.45) is 11.0 Å². The molecule has 34 heavy (non-hydrogen) atoms. The Morgan fingerprint density at radius 3 is 2.74 bits per heavy atom. The van der Waals surface area contributed by atoms with Gasteiger partial charge < -0.3 is 19.5 Å². The van der Waals surface area contributed by atoms with Gasteiger partial charge in [-0.15, -0.1) is 0 Å². The molecule has 2 heterocycles. The number of hydrogen-bond donors (Lipinski definition) is 1. The predicted octanol–water partition coefficient (Wildman–Crippen LogP) is 5.63. The van der Waals surface area contributed by atoms with Crippen molar-refractivity contribution in [1.29, 1.82) is 0 Å². The van der Waals surface area contributed by atoms with Gasteiger partial charge in [0.05, 0.1) is 18.9 Å². The zero-order valence-corrected chi connectivity index (χ0v) is 19.2. The fourth-order valence-corrected chi connectivity index (χ4v) is 5.07. The summed E-state index contributed by atoms with van der Waals surface area (Å²) in [5, 5.41) is 10.00. The molecule has 0 fully saturated rings. The Morgan fingerprint density at radius 1 is 1.09 bits per heavy atom. The predicted molar refractivity (Wildman–Crippen MR) is 129 cm³/mol. The average Bonchev–Trinajstić information content (AvgIpc) is 3.49. The Labute approximate surface area is 201 Å². The molecule has 2 atom stereocenters. The van der Waals surface area contributed by atoms with Crippen molar-refractivity contribution in [3.63, 3.8) is 0 Å². The number of amides is 2. The molecule has 3 aromatic rings. The van der Waals surface area contributed by atoms with Crippen LogP contribution in [0.15, 0.2) is 65.8 Å². The molecule has 2 amide bonds. The summed E-state index contributed by atoms with van der Waals surface area (Å²) in [5.74, 6) is 2.27. The smallest absolute Gasteiger partial charge is 0.342 e. The fourth-order valence-electron chi connectivity index (χ4n) is 4.94. The maximum atomic E-state index is 13.5. The van der Waals surface area contributed by atoms with Gasteiger partial charge in [0.2, 0.25) is 6.79 Å². The lowest BCUT2D eigenvalue weighted by atomic mass is 9.77. The number of fused-ring (bicyclic) bond motifs is 4. The van der Waals surface area contributed by atoms with Crippen molar-refractivity contribution in [1.82, 2.24) is 5.01 Å². The van der Waals surface area contributed by atoms with Gasteiger partial charge >= 0.3 is 6.03 Å². The van der Waals surface area contributed by atoms with Crippen molar-refractivity contribution < 1.29 is 19.0 Å². The van der Waals surface area contributed by atoms with E-state index in [9.17, 15) is 4.79 Å². The van der Waals surface area contributed by atoms with Crippen LogP contribution in [0.5, 0.6) is 17.2 Å². The first kappa shape index (κ1) is 20.9. The number of urea groups is 1. The number of ether oxygens (including phenoxy) is 3. The summed E-state index contributed by atoms with van der Waals surface area (Å²) in [4.78, 5) is 13.5. The van der Waals surface area contributed by atoms with E-state index in [4.69, 9.17) is 30.9 Å². The molecule has 0 saturated carbocycles. The van der Waals surface area contributed by atoms with Crippen molar-refractivity contribution in [3.05, 3.63) is 82.4 Å². The molecule has 2 unspecified atom stereocenters. The molecule has 0 bridgehead atoms. The highest BCUT2D eigenvalue weighted by atomic mass is 35.5. The van der Waals surface area contributed by atoms with E-state index in [2.05, 4.69) is 11.4 Å². The molecule has 0 spiro atoms. The van der Waals surface area contributed by atoms with Gasteiger partial charge in [-0.1, -0.05) is 17.7 Å². The standard InChI is InChI=1S/C26H22ClN3O4/c1-32-19-8-10-20-15(12-19)2-9-21-24(20)29-30(26(31)28-18-6-4-17(27)5-7-18)25(21)16-3-11-22-23(13-16)34-14-33-22/h3-8,10-13,21,25H,2,9,14H2,1H3,(H,28,31). The van der Waals surface area contributed by atoms with Crippen LogP contribution in [0.3, 0.4) is 0 Å². The lowest BCUT2D eigenvalue weighted by Crippen LogP contribution is -2.34. The number of methoxy groups -OCH3 is 1. The summed E-state index contributed by atoms with van der Waals surface area (Å²) in [6.45, 7) is 0.199. The number of carbonyl (C=O) groups is 1. The molecule has 6 rings (SSSR count). The number of nitrogens with zero attached hydrogens (tertiary/aromatic N) is 2. The number of halogens is 1. The second kappa shape index (κ2) is 8.25. The minimum absolute atomic E-state index is 0.0530. The molecule has 0 aromatic heterocycles. The highest BCUT2D eigenvalue weighted by Crippen LogP contribution is 2.46. The van der Waals surface area contributed by atoms with Crippen molar-refractivity contribution >= 4 is 29.0 Å². The minimum Gasteiger partial charge on any atom is -0.497 e. The van der Waals surface area contributed by atoms with Gasteiger partial charge in [0.25, 0.3) is 0 Å². The topological polar surface area (TPSA) is 72.4 Å². The normalized spacial score (nSPS) is 19.8. The average molecular weight is 476 g/mol. The van der Waals surface area contributed by atoms with Crippen LogP contribution in [-0.4, -0.2) is 30.7 Å². The van der Waals surface area contributed by atoms with E-state index >= 15 is 0 Å². The summed E-state index contributed by atoms with van der Waals surface area (Å²) in [6, 6.07) is 18.3. The second-order valence-corrected chi connectivity index (χ2v) is 8.93. The molecule has 8 heteroatoms. The Hall–Kier alpha value is -3.71. The Balaban J connectivity index is 1.40. The maximum absolute atomic E-state index is 13.5. The van der Waals surface area contributed by atoms with Gasteiger partial charge in [0, 0.05) is 22.2 Å². The zero-order valence-electron chi connectivity index (χ0n) is 18.5. The molecule has 2 aliphatic heterocycles. The fraction of sp³-hybridized carbons (Fsp3) is 0.231. The van der Waals surface area contributed by atoms with Crippen LogP contribution in [0, 0.1) is 5.92 Å². The van der Waals surface area contributed by atoms with Gasteiger partial charge in [-0.2, -0.15) is 5.10 Å². The number of aryl methyl sites for hydroxylation is 1. The first-order valence-electron chi connectivity index (χ1n) is 11.1. The first-order valence-corrected chi connectivity index (χ1v) is 11.5. The summed E-state index contributed by atoms with van der Waals surface area (Å²) < 4.78 is 16.5. The van der Waals surface area contributed by atoms with Gasteiger partial charge in [0.1, 0.15) is 5.75 Å². The van der Waals surface area contributed by atoms with Gasteiger partial charge in [-0.3, -0.25) is 0 Å². The Morgan fingerprint density at radius 2 is 1.91 bits per heavy atom. The van der Waals surface area contributed by atoms with E-state index in [1.807, 2.05) is 30.3 Å². The van der Waals surface area contributed by atoms with Gasteiger partial charge in [-0.05, 0) is 78.6 Å². The third kappa shape index (κ3) is 3.53. The molecule has 3 aliphatic rings. The third-order valence-corrected chi connectivity index (χ3v) is 6.82. The third-order valence-electron chi connectivity index (χ3n) is 6.57. The molecular formula is C26H22ClN3O4. The largest absolute Gasteiger partial charge is 0.497 e. The van der Waals surface area contributed by atoms with E-state index in [0.29, 0.717) is 22.2 Å². The summed E-state index contributed by atoms with van der Waals surface area (Å²) in [5.41, 5.74) is 4.76. The van der Waals surface area contributed by atoms with Crippen LogP contribution >= 0.6 is 11.6 Å². The van der Waals surface area contributed by atoms with Crippen molar-refractivity contribution in [3.8, 4) is 17.2 Å². The van der Waals surface area contributed by atoms with Crippen LogP contribution in [0.25, 0.3) is 0 Å². The number of carbonyl (C=O) groups excluding carboxylic acids is 1. The van der Waals surface area contributed by atoms with Crippen molar-refractivity contribution in [2.45, 2.75) is 18.9 Å². The molecule has 1 N–H and O–H groups in total. The maximum Gasteiger partial charge on any atom is 0.342 e. The van der Waals surface area contributed by atoms with Crippen molar-refractivity contribution in [2.75, 3.05) is 19.2 Å². The summed E-state index contributed by atoms with van der Waals surface area (Å²) in [7, 11) is 1.67. The monoisotopic (exact) mass is 475 g/mol. The van der Waals surface area contributed by atoms with E-state index < -0.39 is 0 Å². The van der Waals surface area contributed by atoms with Crippen LogP contribution in [0.2, 0.25) is 5.02 Å². The number of nitrogens with one attached hydrogen (secondary N) is 1. The molecule has 0 radical (unpaired) electrons. The Kier molecular flexibility index (Phi) is 5.07. The zero-order chi connectivity index (χ0) is 23.2. The van der Waals surface area contributed by atoms with E-state index in [1.165, 1.54) is 5.56 Å². The first-order chi connectivity index (χ1) is 16.6. The second-order valence-electron chi connectivity index (χ2n) is 8.49. The van der Waals surface area contributed by atoms with Crippen LogP contribution in [0.1, 0.15) is 29.2 Å². The summed E-state index contributed by atoms with van der Waals surface area (Å²) in [6.07, 6.45) is 1.74. The molecule has 7 nitrogen and oxygen atoms in total. The van der Waals surface area contributed by atoms with Crippen LogP contribution < -0.4 is 19.5 Å². The Bertz CT molecular complexity index is 1310. The highest BCUT2D eigenvalue weighted by Gasteiger charge is 2.44. The molecule has 0 saturated heterocycles. The number of anilines is 1. The lowest BCUT2D eigenvalue weighted by molar-refractivity contribution is 0.173. The highest BCUT2D eigenvalue weighted by molar-refractivity contribution is 6.30. The number of rotatable bonds is 3. The number of hydrogen-bond acceptors (Lipinski definition) is 5. The lowest BCUT2D eigenvalue weighted by Gasteiger charge is -2.30. The quantitative estimate of drug-likeness (QED) is 0.532. The summed E-state index contributed by atoms with van der Waals surface area (Å²) >= 11 is 6.00. The number of hydrazone groups is 1. The molecular weight excluding hydrogens is 454 g/mol. The number of benzene rings is 3. The van der Waals surface area contributed by atoms with E-state index in [1.54, 1.807) is 36.4 Å². The van der Waals surface area contributed by atoms with Crippen LogP contribution in [0.4, 0.5) is 10.5 Å². The molecule has 3 aromatic carbocycles. The van der Waals surface area contributed by atoms with Gasteiger partial charge in [0.15, 0.2) is 11.5 Å². The minimum atomic E-state index is -0.304.